The molecule has 3 heteroatoms. The zero-order valence-corrected chi connectivity index (χ0v) is 12.7. The maximum Gasteiger partial charge on any atom is 0.307 e. The minimum absolute atomic E-state index is 0.130. The molecular weight excluding hydrogens is 250 g/mol. The first-order chi connectivity index (χ1) is 9.46. The van der Waals surface area contributed by atoms with E-state index < -0.39 is 5.60 Å². The average molecular weight is 275 g/mol. The van der Waals surface area contributed by atoms with Crippen molar-refractivity contribution in [2.24, 2.45) is 0 Å². The molecule has 20 heavy (non-hydrogen) atoms. The van der Waals surface area contributed by atoms with Crippen LogP contribution in [-0.4, -0.2) is 18.1 Å². The lowest BCUT2D eigenvalue weighted by molar-refractivity contribution is -0.154. The Labute approximate surface area is 121 Å². The van der Waals surface area contributed by atoms with Crippen molar-refractivity contribution in [3.05, 3.63) is 35.4 Å². The second-order valence-corrected chi connectivity index (χ2v) is 6.43. The highest BCUT2D eigenvalue weighted by Crippen LogP contribution is 2.29. The van der Waals surface area contributed by atoms with E-state index in [1.54, 1.807) is 0 Å². The van der Waals surface area contributed by atoms with E-state index in [0.717, 1.165) is 6.42 Å². The molecule has 3 nitrogen and oxygen atoms in total. The Morgan fingerprint density at radius 1 is 1.35 bits per heavy atom. The molecule has 1 unspecified atom stereocenters. The summed E-state index contributed by atoms with van der Waals surface area (Å²) in [7, 11) is 0. The lowest BCUT2D eigenvalue weighted by atomic mass is 9.88. The van der Waals surface area contributed by atoms with Gasteiger partial charge < -0.3 is 10.1 Å². The van der Waals surface area contributed by atoms with Gasteiger partial charge in [0.15, 0.2) is 0 Å². The van der Waals surface area contributed by atoms with Crippen molar-refractivity contribution in [3.8, 4) is 0 Å². The van der Waals surface area contributed by atoms with Gasteiger partial charge in [-0.05, 0) is 51.2 Å². The van der Waals surface area contributed by atoms with Crippen molar-refractivity contribution in [3.63, 3.8) is 0 Å². The molecule has 0 saturated carbocycles. The van der Waals surface area contributed by atoms with Crippen LogP contribution in [0.25, 0.3) is 0 Å². The van der Waals surface area contributed by atoms with Crippen molar-refractivity contribution in [2.75, 3.05) is 6.54 Å². The van der Waals surface area contributed by atoms with Gasteiger partial charge in [0.25, 0.3) is 0 Å². The number of rotatable bonds is 4. The first kappa shape index (κ1) is 15.0. The molecule has 2 rings (SSSR count). The van der Waals surface area contributed by atoms with Gasteiger partial charge in [0.2, 0.25) is 0 Å². The number of benzene rings is 1. The lowest BCUT2D eigenvalue weighted by Crippen LogP contribution is -2.30. The molecule has 0 fully saturated rings. The SMILES string of the molecule is CC(C)(C)OC(=O)CCNC1CCCc2ccccc21. The summed E-state index contributed by atoms with van der Waals surface area (Å²) in [6.07, 6.45) is 3.95. The molecule has 1 aromatic rings. The van der Waals surface area contributed by atoms with Gasteiger partial charge in [0.05, 0.1) is 6.42 Å². The van der Waals surface area contributed by atoms with E-state index in [1.165, 1.54) is 24.0 Å². The van der Waals surface area contributed by atoms with Crippen molar-refractivity contribution in [1.29, 1.82) is 0 Å². The topological polar surface area (TPSA) is 38.3 Å². The van der Waals surface area contributed by atoms with Crippen molar-refractivity contribution in [1.82, 2.24) is 5.32 Å². The van der Waals surface area contributed by atoms with E-state index in [-0.39, 0.29) is 5.97 Å². The third-order valence-corrected chi connectivity index (χ3v) is 3.51. The van der Waals surface area contributed by atoms with Crippen LogP contribution in [0.15, 0.2) is 24.3 Å². The van der Waals surface area contributed by atoms with Crippen molar-refractivity contribution < 1.29 is 9.53 Å². The van der Waals surface area contributed by atoms with Gasteiger partial charge in [0.1, 0.15) is 5.60 Å². The Balaban J connectivity index is 1.82. The summed E-state index contributed by atoms with van der Waals surface area (Å²) >= 11 is 0. The smallest absolute Gasteiger partial charge is 0.307 e. The Morgan fingerprint density at radius 2 is 2.10 bits per heavy atom. The average Bonchev–Trinajstić information content (AvgIpc) is 2.37. The van der Waals surface area contributed by atoms with Crippen molar-refractivity contribution >= 4 is 5.97 Å². The molecule has 1 aromatic carbocycles. The Bertz CT molecular complexity index is 462. The normalized spacial score (nSPS) is 18.4. The molecule has 0 radical (unpaired) electrons. The van der Waals surface area contributed by atoms with E-state index in [2.05, 4.69) is 29.6 Å². The van der Waals surface area contributed by atoms with Gasteiger partial charge in [-0.2, -0.15) is 0 Å². The van der Waals surface area contributed by atoms with E-state index in [4.69, 9.17) is 4.74 Å². The number of fused-ring (bicyclic) bond motifs is 1. The number of carbonyl (C=O) groups excluding carboxylic acids is 1. The summed E-state index contributed by atoms with van der Waals surface area (Å²) in [5.74, 6) is -0.130. The van der Waals surface area contributed by atoms with Gasteiger partial charge >= 0.3 is 5.97 Å². The first-order valence-electron chi connectivity index (χ1n) is 7.49. The van der Waals surface area contributed by atoms with Crippen LogP contribution in [0.4, 0.5) is 0 Å². The van der Waals surface area contributed by atoms with Crippen LogP contribution in [0.2, 0.25) is 0 Å². The number of nitrogens with one attached hydrogen (secondary N) is 1. The standard InChI is InChI=1S/C17H25NO2/c1-17(2,3)20-16(19)11-12-18-15-10-6-8-13-7-4-5-9-14(13)15/h4-5,7,9,15,18H,6,8,10-12H2,1-3H3. The third kappa shape index (κ3) is 4.34. The molecule has 110 valence electrons. The van der Waals surface area contributed by atoms with Crippen LogP contribution < -0.4 is 5.32 Å². The number of esters is 1. The fraction of sp³-hybridized carbons (Fsp3) is 0.588. The molecule has 0 aromatic heterocycles. The Morgan fingerprint density at radius 3 is 2.85 bits per heavy atom. The third-order valence-electron chi connectivity index (χ3n) is 3.51. The second kappa shape index (κ2) is 6.40. The number of aryl methyl sites for hydroxylation is 1. The first-order valence-corrected chi connectivity index (χ1v) is 7.49. The Kier molecular flexibility index (Phi) is 4.81. The molecule has 1 N–H and O–H groups in total. The van der Waals surface area contributed by atoms with Crippen LogP contribution in [0.3, 0.4) is 0 Å². The lowest BCUT2D eigenvalue weighted by Gasteiger charge is -2.26. The van der Waals surface area contributed by atoms with Gasteiger partial charge in [-0.25, -0.2) is 0 Å². The summed E-state index contributed by atoms with van der Waals surface area (Å²) in [5, 5.41) is 3.49. The number of hydrogen-bond donors (Lipinski definition) is 1. The highest BCUT2D eigenvalue weighted by atomic mass is 16.6. The fourth-order valence-corrected chi connectivity index (χ4v) is 2.71. The monoisotopic (exact) mass is 275 g/mol. The highest BCUT2D eigenvalue weighted by Gasteiger charge is 2.20. The van der Waals surface area contributed by atoms with E-state index in [1.807, 2.05) is 20.8 Å². The molecule has 0 heterocycles. The van der Waals surface area contributed by atoms with Gasteiger partial charge in [0, 0.05) is 12.6 Å². The summed E-state index contributed by atoms with van der Waals surface area (Å²) in [4.78, 5) is 11.7. The van der Waals surface area contributed by atoms with E-state index in [0.29, 0.717) is 19.0 Å². The van der Waals surface area contributed by atoms with Gasteiger partial charge in [-0.15, -0.1) is 0 Å². The van der Waals surface area contributed by atoms with E-state index >= 15 is 0 Å². The quantitative estimate of drug-likeness (QED) is 0.856. The van der Waals surface area contributed by atoms with E-state index in [9.17, 15) is 4.79 Å². The van der Waals surface area contributed by atoms with Crippen LogP contribution in [0.1, 0.15) is 57.2 Å². The largest absolute Gasteiger partial charge is 0.460 e. The van der Waals surface area contributed by atoms with Crippen LogP contribution in [0, 0.1) is 0 Å². The zero-order chi connectivity index (χ0) is 14.6. The minimum Gasteiger partial charge on any atom is -0.460 e. The number of ether oxygens (including phenoxy) is 1. The summed E-state index contributed by atoms with van der Waals surface area (Å²) in [5.41, 5.74) is 2.44. The fourth-order valence-electron chi connectivity index (χ4n) is 2.71. The maximum absolute atomic E-state index is 11.7. The minimum atomic E-state index is -0.394. The number of hydrogen-bond acceptors (Lipinski definition) is 3. The highest BCUT2D eigenvalue weighted by molar-refractivity contribution is 5.70. The molecule has 1 aliphatic rings. The molecule has 0 spiro atoms. The van der Waals surface area contributed by atoms with Gasteiger partial charge in [-0.3, -0.25) is 4.79 Å². The molecule has 0 bridgehead atoms. The molecule has 1 aliphatic carbocycles. The van der Waals surface area contributed by atoms with Crippen LogP contribution >= 0.6 is 0 Å². The maximum atomic E-state index is 11.7. The molecule has 0 saturated heterocycles. The van der Waals surface area contributed by atoms with Crippen molar-refractivity contribution in [2.45, 2.75) is 58.1 Å². The zero-order valence-electron chi connectivity index (χ0n) is 12.7. The molecule has 1 atom stereocenters. The predicted molar refractivity (Wildman–Crippen MR) is 80.6 cm³/mol. The summed E-state index contributed by atoms with van der Waals surface area (Å²) in [6.45, 7) is 6.37. The Hall–Kier alpha value is -1.35. The second-order valence-electron chi connectivity index (χ2n) is 6.43. The predicted octanol–water partition coefficient (Wildman–Crippen LogP) is 3.39. The molecule has 0 aliphatic heterocycles. The molecular formula is C17H25NO2. The molecule has 0 amide bonds. The van der Waals surface area contributed by atoms with Crippen LogP contribution in [-0.2, 0) is 16.0 Å². The van der Waals surface area contributed by atoms with Crippen LogP contribution in [0.5, 0.6) is 0 Å². The number of carbonyl (C=O) groups is 1. The summed E-state index contributed by atoms with van der Waals surface area (Å²) in [6, 6.07) is 8.97. The summed E-state index contributed by atoms with van der Waals surface area (Å²) < 4.78 is 5.32. The van der Waals surface area contributed by atoms with Gasteiger partial charge in [-0.1, -0.05) is 24.3 Å².